The predicted molar refractivity (Wildman–Crippen MR) is 90.2 cm³/mol. The molecule has 0 spiro atoms. The molecule has 0 aliphatic carbocycles. The zero-order valence-corrected chi connectivity index (χ0v) is 12.8. The van der Waals surface area contributed by atoms with E-state index in [0.717, 1.165) is 35.7 Å². The van der Waals surface area contributed by atoms with Crippen molar-refractivity contribution in [1.29, 1.82) is 0 Å². The topological polar surface area (TPSA) is 34.9 Å². The first-order chi connectivity index (χ1) is 10.8. The molecule has 112 valence electrons. The molecule has 0 saturated heterocycles. The summed E-state index contributed by atoms with van der Waals surface area (Å²) in [7, 11) is 0. The van der Waals surface area contributed by atoms with Gasteiger partial charge in [0.1, 0.15) is 0 Å². The van der Waals surface area contributed by atoms with E-state index in [2.05, 4.69) is 24.2 Å². The first kappa shape index (κ1) is 14.5. The highest BCUT2D eigenvalue weighted by atomic mass is 16.1. The molecular formula is C19H20N2O. The van der Waals surface area contributed by atoms with Crippen molar-refractivity contribution in [2.75, 3.05) is 0 Å². The molecule has 0 bridgehead atoms. The quantitative estimate of drug-likeness (QED) is 0.717. The Balaban J connectivity index is 2.11. The summed E-state index contributed by atoms with van der Waals surface area (Å²) < 4.78 is 1.63. The number of fused-ring (bicyclic) bond motifs is 1. The van der Waals surface area contributed by atoms with Gasteiger partial charge in [0, 0.05) is 18.4 Å². The SMILES string of the molecule is CCCCn1nc(Cc2ccccc2)c2ccccc2c1=O. The molecule has 0 N–H and O–H groups in total. The van der Waals surface area contributed by atoms with E-state index in [0.29, 0.717) is 6.54 Å². The Kier molecular flexibility index (Phi) is 4.33. The molecule has 0 unspecified atom stereocenters. The largest absolute Gasteiger partial charge is 0.274 e. The van der Waals surface area contributed by atoms with Gasteiger partial charge in [-0.1, -0.05) is 61.9 Å². The van der Waals surface area contributed by atoms with Crippen molar-refractivity contribution in [3.63, 3.8) is 0 Å². The van der Waals surface area contributed by atoms with E-state index in [-0.39, 0.29) is 5.56 Å². The lowest BCUT2D eigenvalue weighted by Gasteiger charge is -2.11. The van der Waals surface area contributed by atoms with E-state index < -0.39 is 0 Å². The van der Waals surface area contributed by atoms with Crippen LogP contribution in [0.2, 0.25) is 0 Å². The Morgan fingerprint density at radius 1 is 0.955 bits per heavy atom. The summed E-state index contributed by atoms with van der Waals surface area (Å²) in [6.45, 7) is 2.80. The van der Waals surface area contributed by atoms with Crippen LogP contribution in [0.1, 0.15) is 31.0 Å². The van der Waals surface area contributed by atoms with Crippen LogP contribution < -0.4 is 5.56 Å². The number of hydrogen-bond donors (Lipinski definition) is 0. The van der Waals surface area contributed by atoms with Crippen molar-refractivity contribution >= 4 is 10.8 Å². The average molecular weight is 292 g/mol. The fourth-order valence-corrected chi connectivity index (χ4v) is 2.68. The van der Waals surface area contributed by atoms with Gasteiger partial charge in [-0.15, -0.1) is 0 Å². The van der Waals surface area contributed by atoms with Crippen LogP contribution >= 0.6 is 0 Å². The van der Waals surface area contributed by atoms with Crippen molar-refractivity contribution in [3.05, 3.63) is 76.2 Å². The molecule has 0 aliphatic heterocycles. The van der Waals surface area contributed by atoms with Crippen LogP contribution in [0, 0.1) is 0 Å². The Morgan fingerprint density at radius 3 is 2.36 bits per heavy atom. The molecule has 2 aromatic carbocycles. The molecule has 0 aliphatic rings. The molecule has 0 radical (unpaired) electrons. The van der Waals surface area contributed by atoms with Crippen LogP contribution in [0.3, 0.4) is 0 Å². The number of aromatic nitrogens is 2. The van der Waals surface area contributed by atoms with Gasteiger partial charge in [-0.05, 0) is 18.1 Å². The number of benzene rings is 2. The predicted octanol–water partition coefficient (Wildman–Crippen LogP) is 3.79. The van der Waals surface area contributed by atoms with E-state index in [1.807, 2.05) is 42.5 Å². The van der Waals surface area contributed by atoms with Crippen molar-refractivity contribution < 1.29 is 0 Å². The molecule has 0 fully saturated rings. The van der Waals surface area contributed by atoms with Crippen molar-refractivity contribution in [2.45, 2.75) is 32.7 Å². The van der Waals surface area contributed by atoms with Gasteiger partial charge in [-0.3, -0.25) is 4.79 Å². The van der Waals surface area contributed by atoms with Crippen molar-refractivity contribution in [2.24, 2.45) is 0 Å². The maximum atomic E-state index is 12.5. The summed E-state index contributed by atoms with van der Waals surface area (Å²) >= 11 is 0. The van der Waals surface area contributed by atoms with Gasteiger partial charge < -0.3 is 0 Å². The second-order valence-electron chi connectivity index (χ2n) is 5.54. The Labute approximate surface area is 130 Å². The zero-order chi connectivity index (χ0) is 15.4. The van der Waals surface area contributed by atoms with Crippen molar-refractivity contribution in [3.8, 4) is 0 Å². The molecule has 0 atom stereocenters. The molecular weight excluding hydrogens is 272 g/mol. The molecule has 3 aromatic rings. The van der Waals surface area contributed by atoms with Gasteiger partial charge in [0.25, 0.3) is 5.56 Å². The van der Waals surface area contributed by atoms with E-state index >= 15 is 0 Å². The average Bonchev–Trinajstić information content (AvgIpc) is 2.57. The number of aryl methyl sites for hydroxylation is 1. The van der Waals surface area contributed by atoms with Crippen molar-refractivity contribution in [1.82, 2.24) is 9.78 Å². The van der Waals surface area contributed by atoms with Crippen LogP contribution in [-0.2, 0) is 13.0 Å². The molecule has 3 rings (SSSR count). The molecule has 1 heterocycles. The molecule has 0 amide bonds. The van der Waals surface area contributed by atoms with Crippen LogP contribution in [-0.4, -0.2) is 9.78 Å². The lowest BCUT2D eigenvalue weighted by atomic mass is 10.0. The highest BCUT2D eigenvalue weighted by Gasteiger charge is 2.10. The van der Waals surface area contributed by atoms with E-state index in [1.54, 1.807) is 4.68 Å². The summed E-state index contributed by atoms with van der Waals surface area (Å²) in [5.74, 6) is 0. The molecule has 1 aromatic heterocycles. The molecule has 22 heavy (non-hydrogen) atoms. The maximum absolute atomic E-state index is 12.5. The van der Waals surface area contributed by atoms with Crippen LogP contribution in [0.25, 0.3) is 10.8 Å². The minimum atomic E-state index is 0.0147. The lowest BCUT2D eigenvalue weighted by Crippen LogP contribution is -2.24. The van der Waals surface area contributed by atoms with Gasteiger partial charge in [-0.25, -0.2) is 4.68 Å². The van der Waals surface area contributed by atoms with Gasteiger partial charge in [0.05, 0.1) is 11.1 Å². The third-order valence-corrected chi connectivity index (χ3v) is 3.88. The normalized spacial score (nSPS) is 11.0. The number of rotatable bonds is 5. The third kappa shape index (κ3) is 2.93. The second-order valence-corrected chi connectivity index (χ2v) is 5.54. The number of nitrogens with zero attached hydrogens (tertiary/aromatic N) is 2. The van der Waals surface area contributed by atoms with Gasteiger partial charge in [0.15, 0.2) is 0 Å². The number of unbranched alkanes of at least 4 members (excludes halogenated alkanes) is 1. The maximum Gasteiger partial charge on any atom is 0.274 e. The van der Waals surface area contributed by atoms with Crippen LogP contribution in [0.5, 0.6) is 0 Å². The highest BCUT2D eigenvalue weighted by molar-refractivity contribution is 5.83. The van der Waals surface area contributed by atoms with E-state index in [9.17, 15) is 4.79 Å². The van der Waals surface area contributed by atoms with E-state index in [1.165, 1.54) is 5.56 Å². The van der Waals surface area contributed by atoms with Crippen LogP contribution in [0.15, 0.2) is 59.4 Å². The summed E-state index contributed by atoms with van der Waals surface area (Å²) in [5.41, 5.74) is 2.19. The summed E-state index contributed by atoms with van der Waals surface area (Å²) in [5, 5.41) is 6.36. The molecule has 3 heteroatoms. The molecule has 3 nitrogen and oxygen atoms in total. The summed E-state index contributed by atoms with van der Waals surface area (Å²) in [4.78, 5) is 12.5. The summed E-state index contributed by atoms with van der Waals surface area (Å²) in [6.07, 6.45) is 2.76. The van der Waals surface area contributed by atoms with E-state index in [4.69, 9.17) is 0 Å². The third-order valence-electron chi connectivity index (χ3n) is 3.88. The standard InChI is InChI=1S/C19H20N2O/c1-2-3-13-21-19(22)17-12-8-7-11-16(17)18(20-21)14-15-9-5-4-6-10-15/h4-12H,2-3,13-14H2,1H3. The second kappa shape index (κ2) is 6.56. The Morgan fingerprint density at radius 2 is 1.64 bits per heavy atom. The number of hydrogen-bond acceptors (Lipinski definition) is 2. The van der Waals surface area contributed by atoms with Gasteiger partial charge in [-0.2, -0.15) is 5.10 Å². The zero-order valence-electron chi connectivity index (χ0n) is 12.8. The minimum Gasteiger partial charge on any atom is -0.267 e. The summed E-state index contributed by atoms with van der Waals surface area (Å²) in [6, 6.07) is 18.0. The minimum absolute atomic E-state index is 0.0147. The van der Waals surface area contributed by atoms with Gasteiger partial charge in [0.2, 0.25) is 0 Å². The monoisotopic (exact) mass is 292 g/mol. The first-order valence-corrected chi connectivity index (χ1v) is 7.82. The fraction of sp³-hybridized carbons (Fsp3) is 0.263. The van der Waals surface area contributed by atoms with Gasteiger partial charge >= 0.3 is 0 Å². The highest BCUT2D eigenvalue weighted by Crippen LogP contribution is 2.17. The molecule has 0 saturated carbocycles. The smallest absolute Gasteiger partial charge is 0.267 e. The fourth-order valence-electron chi connectivity index (χ4n) is 2.68. The Bertz CT molecular complexity index is 822. The Hall–Kier alpha value is -2.42. The van der Waals surface area contributed by atoms with Crippen LogP contribution in [0.4, 0.5) is 0 Å². The first-order valence-electron chi connectivity index (χ1n) is 7.82. The lowest BCUT2D eigenvalue weighted by molar-refractivity contribution is 0.540.